The van der Waals surface area contributed by atoms with Gasteiger partial charge >= 0.3 is 0 Å². The van der Waals surface area contributed by atoms with Gasteiger partial charge < -0.3 is 10.5 Å². The molecule has 0 aliphatic heterocycles. The van der Waals surface area contributed by atoms with Crippen molar-refractivity contribution in [2.75, 3.05) is 5.73 Å². The minimum Gasteiger partial charge on any atom is -0.486 e. The Morgan fingerprint density at radius 3 is 2.53 bits per heavy atom. The summed E-state index contributed by atoms with van der Waals surface area (Å²) < 4.78 is 19.7. The van der Waals surface area contributed by atoms with Crippen molar-refractivity contribution in [2.45, 2.75) is 20.5 Å². The molecule has 0 spiro atoms. The Morgan fingerprint density at radius 1 is 1.16 bits per heavy atom. The molecular weight excluding hydrogens is 309 g/mol. The highest BCUT2D eigenvalue weighted by Crippen LogP contribution is 2.30. The SMILES string of the molecule is Cc1cc(F)ccc1COc1c(C)cc(Br)cc1N. The van der Waals surface area contributed by atoms with Gasteiger partial charge in [0, 0.05) is 4.47 Å². The fourth-order valence-corrected chi connectivity index (χ4v) is 2.51. The van der Waals surface area contributed by atoms with E-state index in [9.17, 15) is 4.39 Å². The summed E-state index contributed by atoms with van der Waals surface area (Å²) in [5.74, 6) is 0.438. The average Bonchev–Trinajstić information content (AvgIpc) is 2.30. The van der Waals surface area contributed by atoms with E-state index >= 15 is 0 Å². The van der Waals surface area contributed by atoms with Crippen molar-refractivity contribution in [1.82, 2.24) is 0 Å². The lowest BCUT2D eigenvalue weighted by Gasteiger charge is -2.13. The Hall–Kier alpha value is -1.55. The molecule has 0 atom stereocenters. The van der Waals surface area contributed by atoms with Crippen LogP contribution in [0.4, 0.5) is 10.1 Å². The van der Waals surface area contributed by atoms with Gasteiger partial charge in [0.2, 0.25) is 0 Å². The van der Waals surface area contributed by atoms with Gasteiger partial charge in [0.15, 0.2) is 0 Å². The molecule has 0 fully saturated rings. The summed E-state index contributed by atoms with van der Waals surface area (Å²) in [6.45, 7) is 4.17. The number of hydrogen-bond acceptors (Lipinski definition) is 2. The summed E-state index contributed by atoms with van der Waals surface area (Å²) in [6.07, 6.45) is 0. The van der Waals surface area contributed by atoms with Crippen LogP contribution >= 0.6 is 15.9 Å². The topological polar surface area (TPSA) is 35.2 Å². The lowest BCUT2D eigenvalue weighted by Crippen LogP contribution is -2.02. The van der Waals surface area contributed by atoms with Crippen LogP contribution in [0.1, 0.15) is 16.7 Å². The zero-order valence-corrected chi connectivity index (χ0v) is 12.4. The number of aryl methyl sites for hydroxylation is 2. The third-order valence-electron chi connectivity index (χ3n) is 2.94. The molecule has 0 bridgehead atoms. The van der Waals surface area contributed by atoms with Gasteiger partial charge in [-0.15, -0.1) is 0 Å². The predicted molar refractivity (Wildman–Crippen MR) is 78.8 cm³/mol. The van der Waals surface area contributed by atoms with Crippen LogP contribution in [0.2, 0.25) is 0 Å². The van der Waals surface area contributed by atoms with E-state index in [1.807, 2.05) is 19.9 Å². The van der Waals surface area contributed by atoms with Gasteiger partial charge in [0.25, 0.3) is 0 Å². The molecule has 100 valence electrons. The van der Waals surface area contributed by atoms with Crippen LogP contribution < -0.4 is 10.5 Å². The van der Waals surface area contributed by atoms with Crippen molar-refractivity contribution in [3.8, 4) is 5.75 Å². The van der Waals surface area contributed by atoms with E-state index in [4.69, 9.17) is 10.5 Å². The fourth-order valence-electron chi connectivity index (χ4n) is 1.92. The summed E-state index contributed by atoms with van der Waals surface area (Å²) in [7, 11) is 0. The van der Waals surface area contributed by atoms with Crippen LogP contribution in [0.25, 0.3) is 0 Å². The first-order chi connectivity index (χ1) is 8.97. The Morgan fingerprint density at radius 2 is 1.89 bits per heavy atom. The maximum Gasteiger partial charge on any atom is 0.145 e. The first kappa shape index (κ1) is 13.9. The monoisotopic (exact) mass is 323 g/mol. The smallest absolute Gasteiger partial charge is 0.145 e. The largest absolute Gasteiger partial charge is 0.486 e. The maximum atomic E-state index is 13.0. The van der Waals surface area contributed by atoms with Gasteiger partial charge in [0.1, 0.15) is 18.2 Å². The molecule has 2 nitrogen and oxygen atoms in total. The highest BCUT2D eigenvalue weighted by Gasteiger charge is 2.08. The van der Waals surface area contributed by atoms with Crippen molar-refractivity contribution in [3.05, 3.63) is 57.3 Å². The standard InChI is InChI=1S/C15H15BrFNO/c1-9-6-13(17)4-3-11(9)8-19-15-10(2)5-12(16)7-14(15)18/h3-7H,8,18H2,1-2H3. The van der Waals surface area contributed by atoms with Crippen LogP contribution in [-0.4, -0.2) is 0 Å². The zero-order valence-electron chi connectivity index (χ0n) is 10.8. The average molecular weight is 324 g/mol. The van der Waals surface area contributed by atoms with Crippen molar-refractivity contribution in [3.63, 3.8) is 0 Å². The fraction of sp³-hybridized carbons (Fsp3) is 0.200. The number of benzene rings is 2. The van der Waals surface area contributed by atoms with Crippen molar-refractivity contribution in [1.29, 1.82) is 0 Å². The quantitative estimate of drug-likeness (QED) is 0.851. The van der Waals surface area contributed by atoms with Crippen LogP contribution in [0.15, 0.2) is 34.8 Å². The molecule has 0 aliphatic carbocycles. The molecule has 2 aromatic carbocycles. The van der Waals surface area contributed by atoms with E-state index in [0.29, 0.717) is 18.0 Å². The first-order valence-electron chi connectivity index (χ1n) is 5.91. The van der Waals surface area contributed by atoms with E-state index in [2.05, 4.69) is 15.9 Å². The molecule has 0 aliphatic rings. The van der Waals surface area contributed by atoms with Gasteiger partial charge in [-0.25, -0.2) is 4.39 Å². The summed E-state index contributed by atoms with van der Waals surface area (Å²) in [6, 6.07) is 8.41. The van der Waals surface area contributed by atoms with Gasteiger partial charge in [-0.05, 0) is 54.8 Å². The van der Waals surface area contributed by atoms with E-state index in [-0.39, 0.29) is 5.82 Å². The number of ether oxygens (including phenoxy) is 1. The molecule has 0 saturated carbocycles. The summed E-state index contributed by atoms with van der Waals surface area (Å²) >= 11 is 3.39. The Balaban J connectivity index is 2.19. The summed E-state index contributed by atoms with van der Waals surface area (Å²) in [5.41, 5.74) is 9.30. The molecule has 19 heavy (non-hydrogen) atoms. The number of anilines is 1. The zero-order chi connectivity index (χ0) is 14.0. The van der Waals surface area contributed by atoms with Crippen LogP contribution in [0, 0.1) is 19.7 Å². The molecule has 2 aromatic rings. The molecule has 0 aromatic heterocycles. The molecular formula is C15H15BrFNO. The molecule has 0 heterocycles. The maximum absolute atomic E-state index is 13.0. The normalized spacial score (nSPS) is 10.5. The third-order valence-corrected chi connectivity index (χ3v) is 3.40. The van der Waals surface area contributed by atoms with E-state index < -0.39 is 0 Å². The van der Waals surface area contributed by atoms with E-state index in [1.54, 1.807) is 12.1 Å². The molecule has 0 amide bonds. The number of halogens is 2. The lowest BCUT2D eigenvalue weighted by molar-refractivity contribution is 0.305. The van der Waals surface area contributed by atoms with Gasteiger partial charge in [0.05, 0.1) is 5.69 Å². The lowest BCUT2D eigenvalue weighted by atomic mass is 10.1. The molecule has 0 radical (unpaired) electrons. The van der Waals surface area contributed by atoms with Crippen LogP contribution in [0.5, 0.6) is 5.75 Å². The van der Waals surface area contributed by atoms with Crippen LogP contribution in [0.3, 0.4) is 0 Å². The van der Waals surface area contributed by atoms with E-state index in [1.165, 1.54) is 12.1 Å². The highest BCUT2D eigenvalue weighted by molar-refractivity contribution is 9.10. The molecule has 4 heteroatoms. The minimum absolute atomic E-state index is 0.236. The Kier molecular flexibility index (Phi) is 4.10. The van der Waals surface area contributed by atoms with Gasteiger partial charge in [-0.2, -0.15) is 0 Å². The summed E-state index contributed by atoms with van der Waals surface area (Å²) in [5, 5.41) is 0. The second kappa shape index (κ2) is 5.61. The highest BCUT2D eigenvalue weighted by atomic mass is 79.9. The third kappa shape index (κ3) is 3.26. The Labute approximate surface area is 120 Å². The number of rotatable bonds is 3. The van der Waals surface area contributed by atoms with Crippen molar-refractivity contribution in [2.24, 2.45) is 0 Å². The number of hydrogen-bond donors (Lipinski definition) is 1. The van der Waals surface area contributed by atoms with Gasteiger partial charge in [-0.1, -0.05) is 22.0 Å². The molecule has 2 rings (SSSR count). The minimum atomic E-state index is -0.236. The molecule has 0 saturated heterocycles. The van der Waals surface area contributed by atoms with Gasteiger partial charge in [-0.3, -0.25) is 0 Å². The summed E-state index contributed by atoms with van der Waals surface area (Å²) in [4.78, 5) is 0. The molecule has 0 unspecified atom stereocenters. The number of nitrogen functional groups attached to an aromatic ring is 1. The first-order valence-corrected chi connectivity index (χ1v) is 6.70. The van der Waals surface area contributed by atoms with Crippen molar-refractivity contribution < 1.29 is 9.13 Å². The van der Waals surface area contributed by atoms with E-state index in [0.717, 1.165) is 21.2 Å². The Bertz CT molecular complexity index is 590. The van der Waals surface area contributed by atoms with Crippen LogP contribution in [-0.2, 0) is 6.61 Å². The molecule has 2 N–H and O–H groups in total. The second-order valence-corrected chi connectivity index (χ2v) is 5.42. The number of nitrogens with two attached hydrogens (primary N) is 1. The second-order valence-electron chi connectivity index (χ2n) is 4.50. The van der Waals surface area contributed by atoms with Crippen molar-refractivity contribution >= 4 is 21.6 Å². The predicted octanol–water partition coefficient (Wildman–Crippen LogP) is 4.37.